The molecule has 0 spiro atoms. The second-order valence-corrected chi connectivity index (χ2v) is 15.7. The van der Waals surface area contributed by atoms with Crippen molar-refractivity contribution in [2.45, 2.75) is 81.8 Å². The van der Waals surface area contributed by atoms with Crippen molar-refractivity contribution in [1.29, 1.82) is 0 Å². The van der Waals surface area contributed by atoms with Crippen molar-refractivity contribution in [3.8, 4) is 5.75 Å². The molecule has 0 radical (unpaired) electrons. The van der Waals surface area contributed by atoms with E-state index < -0.39 is 48.0 Å². The summed E-state index contributed by atoms with van der Waals surface area (Å²) in [6.45, 7) is 1.24. The van der Waals surface area contributed by atoms with Crippen molar-refractivity contribution in [1.82, 2.24) is 30.4 Å². The normalized spacial score (nSPS) is 21.3. The molecule has 1 unspecified atom stereocenters. The summed E-state index contributed by atoms with van der Waals surface area (Å²) in [5.74, 6) is -6.60. The minimum atomic E-state index is -3.59. The van der Waals surface area contributed by atoms with E-state index in [0.717, 1.165) is 35.5 Å². The number of hydrogen-bond donors (Lipinski definition) is 3. The Morgan fingerprint density at radius 2 is 1.76 bits per heavy atom. The molecule has 59 heavy (non-hydrogen) atoms. The molecule has 3 fully saturated rings. The van der Waals surface area contributed by atoms with Gasteiger partial charge >= 0.3 is 5.92 Å². The van der Waals surface area contributed by atoms with Crippen LogP contribution in [0.3, 0.4) is 0 Å². The molecule has 310 valence electrons. The number of methoxy groups -OCH3 is 1. The highest BCUT2D eigenvalue weighted by atomic mass is 19.3. The van der Waals surface area contributed by atoms with E-state index in [2.05, 4.69) is 30.8 Å². The Balaban J connectivity index is 0.873. The molecule has 4 aliphatic heterocycles. The number of amides is 6. The highest BCUT2D eigenvalue weighted by Crippen LogP contribution is 2.40. The molecule has 1 saturated carbocycles. The lowest BCUT2D eigenvalue weighted by Gasteiger charge is -2.32. The van der Waals surface area contributed by atoms with Crippen LogP contribution < -0.4 is 30.5 Å². The zero-order valence-corrected chi connectivity index (χ0v) is 32.8. The fourth-order valence-corrected chi connectivity index (χ4v) is 8.80. The van der Waals surface area contributed by atoms with Crippen LogP contribution in [-0.4, -0.2) is 120 Å². The molecule has 1 atom stereocenters. The number of carbonyl (C=O) groups is 6. The zero-order chi connectivity index (χ0) is 41.6. The number of halogens is 2. The number of ether oxygens (including phenoxy) is 1. The van der Waals surface area contributed by atoms with Gasteiger partial charge in [-0.05, 0) is 68.4 Å². The summed E-state index contributed by atoms with van der Waals surface area (Å²) in [5.41, 5.74) is 2.29. The quantitative estimate of drug-likeness (QED) is 0.254. The van der Waals surface area contributed by atoms with E-state index in [1.165, 1.54) is 25.3 Å². The lowest BCUT2D eigenvalue weighted by atomic mass is 9.99. The van der Waals surface area contributed by atoms with Gasteiger partial charge in [0.25, 0.3) is 23.6 Å². The maximum Gasteiger partial charge on any atom is 0.342 e. The number of carbonyl (C=O) groups excluding carboxylic acids is 6. The molecule has 1 aliphatic carbocycles. The van der Waals surface area contributed by atoms with Crippen LogP contribution in [0.25, 0.3) is 0 Å². The highest BCUT2D eigenvalue weighted by Gasteiger charge is 2.49. The van der Waals surface area contributed by atoms with Crippen LogP contribution in [-0.2, 0) is 20.8 Å². The van der Waals surface area contributed by atoms with Crippen molar-refractivity contribution in [3.05, 3.63) is 64.8 Å². The van der Waals surface area contributed by atoms with Crippen LogP contribution in [0.4, 0.5) is 31.9 Å². The minimum Gasteiger partial charge on any atom is -0.495 e. The molecule has 2 saturated heterocycles. The van der Waals surface area contributed by atoms with E-state index in [-0.39, 0.29) is 53.8 Å². The van der Waals surface area contributed by atoms with Crippen molar-refractivity contribution in [3.63, 3.8) is 0 Å². The molecule has 2 aromatic carbocycles. The van der Waals surface area contributed by atoms with Crippen molar-refractivity contribution in [2.24, 2.45) is 0 Å². The monoisotopic (exact) mass is 813 g/mol. The first-order chi connectivity index (χ1) is 28.3. The van der Waals surface area contributed by atoms with Gasteiger partial charge in [-0.25, -0.2) is 4.98 Å². The Kier molecular flexibility index (Phi) is 10.8. The third kappa shape index (κ3) is 7.68. The number of nitrogens with one attached hydrogen (secondary N) is 3. The first kappa shape index (κ1) is 39.8. The van der Waals surface area contributed by atoms with Crippen molar-refractivity contribution < 1.29 is 42.3 Å². The summed E-state index contributed by atoms with van der Waals surface area (Å²) >= 11 is 0. The lowest BCUT2D eigenvalue weighted by Crippen LogP contribution is -2.54. The summed E-state index contributed by atoms with van der Waals surface area (Å²) in [5, 5.41) is 8.44. The van der Waals surface area contributed by atoms with Gasteiger partial charge in [-0.3, -0.25) is 39.0 Å². The largest absolute Gasteiger partial charge is 0.495 e. The van der Waals surface area contributed by atoms with E-state index in [1.54, 1.807) is 30.3 Å². The SMILES string of the molecule is COc1cc(C(=O)NC2CCN(CCc3cccc4c3C(=O)N(C3CCC(=O)NC3=O)C4=O)CC2)ccc1Nc1ncc2c(n1)N(C1CCCC1)CC(F)(F)C(=O)N2C. The molecule has 3 aromatic rings. The Morgan fingerprint density at radius 1 is 1.00 bits per heavy atom. The molecule has 8 rings (SSSR count). The summed E-state index contributed by atoms with van der Waals surface area (Å²) in [6.07, 6.45) is 6.64. The number of fused-ring (bicyclic) bond motifs is 2. The fraction of sp³-hybridized carbons (Fsp3) is 0.463. The number of aromatic nitrogens is 2. The fourth-order valence-electron chi connectivity index (χ4n) is 8.80. The van der Waals surface area contributed by atoms with Crippen LogP contribution in [0.15, 0.2) is 42.6 Å². The summed E-state index contributed by atoms with van der Waals surface area (Å²) in [6, 6.07) is 8.74. The lowest BCUT2D eigenvalue weighted by molar-refractivity contribution is -0.140. The van der Waals surface area contributed by atoms with Crippen LogP contribution in [0.1, 0.15) is 88.0 Å². The molecule has 1 aromatic heterocycles. The van der Waals surface area contributed by atoms with Gasteiger partial charge in [0.05, 0.1) is 36.7 Å². The van der Waals surface area contributed by atoms with Crippen LogP contribution >= 0.6 is 0 Å². The number of piperidine rings is 2. The first-order valence-electron chi connectivity index (χ1n) is 19.9. The van der Waals surface area contributed by atoms with E-state index in [4.69, 9.17) is 4.74 Å². The molecule has 0 bridgehead atoms. The number of anilines is 4. The number of likely N-dealkylation sites (tertiary alicyclic amines) is 1. The predicted octanol–water partition coefficient (Wildman–Crippen LogP) is 3.43. The Morgan fingerprint density at radius 3 is 2.49 bits per heavy atom. The molecular weight excluding hydrogens is 769 g/mol. The maximum absolute atomic E-state index is 15.0. The van der Waals surface area contributed by atoms with Crippen LogP contribution in [0.5, 0.6) is 5.75 Å². The van der Waals surface area contributed by atoms with Gasteiger partial charge in [-0.15, -0.1) is 0 Å². The number of nitrogens with zero attached hydrogens (tertiary/aromatic N) is 6. The number of hydrogen-bond acceptors (Lipinski definition) is 12. The Hall–Kier alpha value is -6.04. The predicted molar refractivity (Wildman–Crippen MR) is 210 cm³/mol. The van der Waals surface area contributed by atoms with Crippen molar-refractivity contribution >= 4 is 58.6 Å². The van der Waals surface area contributed by atoms with Gasteiger partial charge in [-0.1, -0.05) is 25.0 Å². The van der Waals surface area contributed by atoms with Crippen LogP contribution in [0, 0.1) is 0 Å². The summed E-state index contributed by atoms with van der Waals surface area (Å²) < 4.78 is 35.7. The Labute approximate surface area is 338 Å². The number of alkyl halides is 2. The molecule has 5 heterocycles. The molecule has 3 N–H and O–H groups in total. The van der Waals surface area contributed by atoms with E-state index >= 15 is 8.78 Å². The minimum absolute atomic E-state index is 0.0528. The van der Waals surface area contributed by atoms with Gasteiger partial charge in [0.1, 0.15) is 17.5 Å². The first-order valence-corrected chi connectivity index (χ1v) is 19.9. The Bertz CT molecular complexity index is 2220. The smallest absolute Gasteiger partial charge is 0.342 e. The average molecular weight is 814 g/mol. The molecular formula is C41H45F2N9O7. The number of imide groups is 2. The topological polar surface area (TPSA) is 186 Å². The number of rotatable bonds is 10. The summed E-state index contributed by atoms with van der Waals surface area (Å²) in [7, 11) is 2.76. The molecule has 6 amide bonds. The van der Waals surface area contributed by atoms with E-state index in [9.17, 15) is 28.8 Å². The molecule has 18 heteroatoms. The third-order valence-corrected chi connectivity index (χ3v) is 12.0. The zero-order valence-electron chi connectivity index (χ0n) is 32.8. The van der Waals surface area contributed by atoms with Gasteiger partial charge in [0, 0.05) is 50.7 Å². The second-order valence-electron chi connectivity index (χ2n) is 15.7. The second kappa shape index (κ2) is 16.0. The van der Waals surface area contributed by atoms with Gasteiger partial charge in [-0.2, -0.15) is 13.8 Å². The highest BCUT2D eigenvalue weighted by molar-refractivity contribution is 6.24. The van der Waals surface area contributed by atoms with Crippen molar-refractivity contribution in [2.75, 3.05) is 55.5 Å². The van der Waals surface area contributed by atoms with Gasteiger partial charge in [0.2, 0.25) is 17.8 Å². The average Bonchev–Trinajstić information content (AvgIpc) is 3.84. The maximum atomic E-state index is 15.0. The van der Waals surface area contributed by atoms with Crippen LogP contribution in [0.2, 0.25) is 0 Å². The van der Waals surface area contributed by atoms with E-state index in [0.29, 0.717) is 67.0 Å². The van der Waals surface area contributed by atoms with Gasteiger partial charge < -0.3 is 30.1 Å². The van der Waals surface area contributed by atoms with Gasteiger partial charge in [0.15, 0.2) is 5.82 Å². The summed E-state index contributed by atoms with van der Waals surface area (Å²) in [4.78, 5) is 91.6. The standard InChI is InChI=1S/C41H45F2N9O7/c1-49-30-21-44-40(48-34(30)51(26-7-3-4-8-26)22-41(42,43)39(49)58)46-28-11-10-24(20-31(28)59-2)35(54)45-25-15-18-50(19-16-25)17-14-23-6-5-9-27-33(23)38(57)52(37(27)56)29-12-13-32(53)47-36(29)55/h5-6,9-11,20-21,25-26,29H,3-4,7-8,12-19,22H2,1-2H3,(H,45,54)(H,44,46,48)(H,47,53,55). The third-order valence-electron chi connectivity index (χ3n) is 12.0. The number of benzene rings is 2. The molecule has 16 nitrogen and oxygen atoms in total. The van der Waals surface area contributed by atoms with E-state index in [1.807, 2.05) is 6.07 Å². The molecule has 5 aliphatic rings.